The quantitative estimate of drug-likeness (QED) is 0.592. The van der Waals surface area contributed by atoms with Crippen LogP contribution in [0.15, 0.2) is 12.1 Å². The molecule has 0 saturated carbocycles. The molecule has 0 bridgehead atoms. The van der Waals surface area contributed by atoms with Gasteiger partial charge in [-0.3, -0.25) is 9.59 Å². The molecule has 1 aromatic rings. The standard InChI is InChI=1S/C19H27N5O4/c25-16-12-24(11-10-23(16)13-17(26)27)19(28)21-8-2-1-5-15-7-6-14-4-3-9-20-18(14)22-15/h6-7H,1-5,8-13H2,(H,20,22)(H,21,28)(H,26,27). The lowest BCUT2D eigenvalue weighted by Gasteiger charge is -2.33. The lowest BCUT2D eigenvalue weighted by atomic mass is 10.1. The molecule has 2 aliphatic heterocycles. The monoisotopic (exact) mass is 389 g/mol. The summed E-state index contributed by atoms with van der Waals surface area (Å²) in [6, 6.07) is 3.94. The number of carbonyl (C=O) groups excluding carboxylic acids is 2. The van der Waals surface area contributed by atoms with Crippen LogP contribution in [0.4, 0.5) is 10.6 Å². The number of rotatable bonds is 7. The van der Waals surface area contributed by atoms with Gasteiger partial charge in [0.2, 0.25) is 5.91 Å². The zero-order chi connectivity index (χ0) is 19.9. The Morgan fingerprint density at radius 1 is 1.25 bits per heavy atom. The first-order valence-electron chi connectivity index (χ1n) is 9.78. The van der Waals surface area contributed by atoms with Gasteiger partial charge in [0.05, 0.1) is 0 Å². The SMILES string of the molecule is O=C(O)CN1CCN(C(=O)NCCCCc2ccc3c(n2)NCCC3)CC1=O. The van der Waals surface area contributed by atoms with Gasteiger partial charge in [0.15, 0.2) is 0 Å². The van der Waals surface area contributed by atoms with Crippen molar-refractivity contribution >= 4 is 23.7 Å². The van der Waals surface area contributed by atoms with Gasteiger partial charge in [-0.1, -0.05) is 6.07 Å². The summed E-state index contributed by atoms with van der Waals surface area (Å²) in [5.74, 6) is -0.380. The highest BCUT2D eigenvalue weighted by atomic mass is 16.4. The molecule has 0 aliphatic carbocycles. The number of aliphatic carboxylic acids is 1. The zero-order valence-electron chi connectivity index (χ0n) is 15.9. The van der Waals surface area contributed by atoms with Gasteiger partial charge < -0.3 is 25.5 Å². The van der Waals surface area contributed by atoms with Gasteiger partial charge in [-0.2, -0.15) is 0 Å². The van der Waals surface area contributed by atoms with E-state index in [1.54, 1.807) is 0 Å². The van der Waals surface area contributed by atoms with E-state index in [1.165, 1.54) is 15.4 Å². The van der Waals surface area contributed by atoms with Crippen LogP contribution in [-0.4, -0.2) is 77.1 Å². The van der Waals surface area contributed by atoms with Crippen molar-refractivity contribution < 1.29 is 19.5 Å². The number of aromatic nitrogens is 1. The average Bonchev–Trinajstić information content (AvgIpc) is 2.68. The molecule has 3 rings (SSSR count). The number of nitrogens with zero attached hydrogens (tertiary/aromatic N) is 3. The van der Waals surface area contributed by atoms with Crippen LogP contribution in [0.2, 0.25) is 0 Å². The first-order chi connectivity index (χ1) is 13.5. The average molecular weight is 389 g/mol. The first-order valence-corrected chi connectivity index (χ1v) is 9.78. The summed E-state index contributed by atoms with van der Waals surface area (Å²) in [4.78, 5) is 42.1. The van der Waals surface area contributed by atoms with E-state index in [2.05, 4.69) is 27.8 Å². The number of amides is 3. The Labute approximate surface area is 164 Å². The Hall–Kier alpha value is -2.84. The molecule has 1 saturated heterocycles. The fourth-order valence-corrected chi connectivity index (χ4v) is 3.46. The van der Waals surface area contributed by atoms with Crippen LogP contribution in [0.25, 0.3) is 0 Å². The maximum atomic E-state index is 12.2. The maximum Gasteiger partial charge on any atom is 0.323 e. The first kappa shape index (κ1) is 19.9. The molecule has 0 radical (unpaired) electrons. The highest BCUT2D eigenvalue weighted by Gasteiger charge is 2.27. The molecule has 3 N–H and O–H groups in total. The molecule has 0 spiro atoms. The minimum Gasteiger partial charge on any atom is -0.480 e. The third-order valence-corrected chi connectivity index (χ3v) is 5.02. The van der Waals surface area contributed by atoms with Crippen molar-refractivity contribution in [2.24, 2.45) is 0 Å². The molecule has 1 fully saturated rings. The molecule has 3 heterocycles. The van der Waals surface area contributed by atoms with Crippen LogP contribution in [-0.2, 0) is 22.4 Å². The number of aryl methyl sites for hydroxylation is 2. The predicted octanol–water partition coefficient (Wildman–Crippen LogP) is 0.701. The van der Waals surface area contributed by atoms with Crippen molar-refractivity contribution in [1.82, 2.24) is 20.1 Å². The Kier molecular flexibility index (Phi) is 6.67. The molecular formula is C19H27N5O4. The summed E-state index contributed by atoms with van der Waals surface area (Å²) in [5, 5.41) is 14.9. The number of pyridine rings is 1. The second kappa shape index (κ2) is 9.38. The molecule has 2 aliphatic rings. The number of carbonyl (C=O) groups is 3. The van der Waals surface area contributed by atoms with Gasteiger partial charge in [-0.05, 0) is 43.7 Å². The number of nitrogens with one attached hydrogen (secondary N) is 2. The Bertz CT molecular complexity index is 739. The third kappa shape index (κ3) is 5.34. The van der Waals surface area contributed by atoms with Gasteiger partial charge in [0.25, 0.3) is 0 Å². The van der Waals surface area contributed by atoms with Gasteiger partial charge in [0, 0.05) is 31.9 Å². The number of anilines is 1. The molecule has 0 unspecified atom stereocenters. The third-order valence-electron chi connectivity index (χ3n) is 5.02. The Morgan fingerprint density at radius 2 is 2.11 bits per heavy atom. The van der Waals surface area contributed by atoms with Crippen LogP contribution in [0.1, 0.15) is 30.5 Å². The van der Waals surface area contributed by atoms with E-state index >= 15 is 0 Å². The normalized spacial score (nSPS) is 16.4. The highest BCUT2D eigenvalue weighted by molar-refractivity contribution is 5.87. The number of hydrogen-bond donors (Lipinski definition) is 3. The second-order valence-corrected chi connectivity index (χ2v) is 7.16. The van der Waals surface area contributed by atoms with E-state index in [4.69, 9.17) is 5.11 Å². The fourth-order valence-electron chi connectivity index (χ4n) is 3.46. The molecule has 1 aromatic heterocycles. The topological polar surface area (TPSA) is 115 Å². The number of piperazine rings is 1. The summed E-state index contributed by atoms with van der Waals surface area (Å²) in [7, 11) is 0. The zero-order valence-corrected chi connectivity index (χ0v) is 15.9. The second-order valence-electron chi connectivity index (χ2n) is 7.16. The number of hydrogen-bond acceptors (Lipinski definition) is 5. The van der Waals surface area contributed by atoms with Crippen molar-refractivity contribution in [2.45, 2.75) is 32.1 Å². The molecular weight excluding hydrogens is 362 g/mol. The lowest BCUT2D eigenvalue weighted by molar-refractivity contribution is -0.146. The van der Waals surface area contributed by atoms with E-state index in [9.17, 15) is 14.4 Å². The van der Waals surface area contributed by atoms with E-state index < -0.39 is 5.97 Å². The van der Waals surface area contributed by atoms with Crippen LogP contribution in [0, 0.1) is 0 Å². The molecule has 9 nitrogen and oxygen atoms in total. The van der Waals surface area contributed by atoms with Gasteiger partial charge in [-0.15, -0.1) is 0 Å². The van der Waals surface area contributed by atoms with Crippen LogP contribution in [0.3, 0.4) is 0 Å². The number of urea groups is 1. The summed E-state index contributed by atoms with van der Waals surface area (Å²) in [6.45, 7) is 1.70. The van der Waals surface area contributed by atoms with Gasteiger partial charge >= 0.3 is 12.0 Å². The minimum atomic E-state index is -1.05. The summed E-state index contributed by atoms with van der Waals surface area (Å²) >= 11 is 0. The fraction of sp³-hybridized carbons (Fsp3) is 0.579. The van der Waals surface area contributed by atoms with E-state index in [0.29, 0.717) is 13.1 Å². The van der Waals surface area contributed by atoms with Crippen molar-refractivity contribution in [3.8, 4) is 0 Å². The largest absolute Gasteiger partial charge is 0.480 e. The van der Waals surface area contributed by atoms with Crippen molar-refractivity contribution in [3.63, 3.8) is 0 Å². The lowest BCUT2D eigenvalue weighted by Crippen LogP contribution is -2.55. The Morgan fingerprint density at radius 3 is 2.89 bits per heavy atom. The summed E-state index contributed by atoms with van der Waals surface area (Å²) in [6.07, 6.45) is 4.82. The smallest absolute Gasteiger partial charge is 0.323 e. The van der Waals surface area contributed by atoms with Crippen LogP contribution >= 0.6 is 0 Å². The summed E-state index contributed by atoms with van der Waals surface area (Å²) < 4.78 is 0. The number of fused-ring (bicyclic) bond motifs is 1. The van der Waals surface area contributed by atoms with E-state index in [-0.39, 0.29) is 31.6 Å². The molecule has 0 aromatic carbocycles. The van der Waals surface area contributed by atoms with Gasteiger partial charge in [0.1, 0.15) is 18.9 Å². The summed E-state index contributed by atoms with van der Waals surface area (Å²) in [5.41, 5.74) is 2.33. The number of carboxylic acids is 1. The molecule has 3 amide bonds. The molecule has 152 valence electrons. The van der Waals surface area contributed by atoms with Gasteiger partial charge in [-0.25, -0.2) is 9.78 Å². The molecule has 9 heteroatoms. The number of carboxylic acid groups (broad SMARTS) is 1. The van der Waals surface area contributed by atoms with E-state index in [1.807, 2.05) is 0 Å². The molecule has 0 atom stereocenters. The predicted molar refractivity (Wildman–Crippen MR) is 103 cm³/mol. The molecule has 28 heavy (non-hydrogen) atoms. The number of unbranched alkanes of at least 4 members (excludes halogenated alkanes) is 1. The van der Waals surface area contributed by atoms with Crippen LogP contribution in [0.5, 0.6) is 0 Å². The highest BCUT2D eigenvalue weighted by Crippen LogP contribution is 2.20. The van der Waals surface area contributed by atoms with Crippen LogP contribution < -0.4 is 10.6 Å². The van der Waals surface area contributed by atoms with Crippen molar-refractivity contribution in [3.05, 3.63) is 23.4 Å². The minimum absolute atomic E-state index is 0.0782. The maximum absolute atomic E-state index is 12.2. The van der Waals surface area contributed by atoms with Crippen molar-refractivity contribution in [1.29, 1.82) is 0 Å². The van der Waals surface area contributed by atoms with E-state index in [0.717, 1.165) is 50.2 Å². The van der Waals surface area contributed by atoms with Crippen molar-refractivity contribution in [2.75, 3.05) is 44.6 Å². The Balaban J connectivity index is 1.34.